The molecule has 1 amide bonds. The van der Waals surface area contributed by atoms with Gasteiger partial charge in [0.15, 0.2) is 0 Å². The van der Waals surface area contributed by atoms with Gasteiger partial charge in [0.05, 0.1) is 12.8 Å². The molecular weight excluding hydrogens is 334 g/mol. The number of thiophene rings is 1. The summed E-state index contributed by atoms with van der Waals surface area (Å²) in [5, 5.41) is 8.95. The average molecular weight is 355 g/mol. The number of nitrogens with zero attached hydrogens (tertiary/aromatic N) is 1. The van der Waals surface area contributed by atoms with E-state index in [1.807, 2.05) is 35.9 Å². The van der Waals surface area contributed by atoms with E-state index < -0.39 is 0 Å². The SMILES string of the molecule is CO/C(=C\c1cccs1)c1cc(C2CC=NNCC2)ccc1NC=O. The van der Waals surface area contributed by atoms with Crippen molar-refractivity contribution in [1.82, 2.24) is 5.43 Å². The van der Waals surface area contributed by atoms with E-state index in [0.29, 0.717) is 12.3 Å². The Morgan fingerprint density at radius 2 is 2.36 bits per heavy atom. The topological polar surface area (TPSA) is 62.7 Å². The fourth-order valence-corrected chi connectivity index (χ4v) is 3.57. The van der Waals surface area contributed by atoms with E-state index in [2.05, 4.69) is 28.0 Å². The first-order valence-corrected chi connectivity index (χ1v) is 9.08. The first kappa shape index (κ1) is 17.2. The van der Waals surface area contributed by atoms with Crippen molar-refractivity contribution in [3.63, 3.8) is 0 Å². The lowest BCUT2D eigenvalue weighted by molar-refractivity contribution is -0.105. The number of hydrogen-bond donors (Lipinski definition) is 2. The normalized spacial score (nSPS) is 17.5. The molecule has 1 atom stereocenters. The largest absolute Gasteiger partial charge is 0.496 e. The predicted molar refractivity (Wildman–Crippen MR) is 104 cm³/mol. The van der Waals surface area contributed by atoms with Crippen molar-refractivity contribution in [2.24, 2.45) is 5.10 Å². The van der Waals surface area contributed by atoms with E-state index in [9.17, 15) is 4.79 Å². The number of benzene rings is 1. The Morgan fingerprint density at radius 1 is 1.44 bits per heavy atom. The van der Waals surface area contributed by atoms with E-state index in [-0.39, 0.29) is 0 Å². The Hall–Kier alpha value is -2.60. The summed E-state index contributed by atoms with van der Waals surface area (Å²) >= 11 is 1.64. The summed E-state index contributed by atoms with van der Waals surface area (Å²) in [6.07, 6.45) is 6.52. The third-order valence-corrected chi connectivity index (χ3v) is 5.03. The van der Waals surface area contributed by atoms with Gasteiger partial charge >= 0.3 is 0 Å². The molecule has 1 aromatic carbocycles. The molecule has 25 heavy (non-hydrogen) atoms. The Labute approximate surface area is 151 Å². The van der Waals surface area contributed by atoms with Crippen LogP contribution >= 0.6 is 11.3 Å². The van der Waals surface area contributed by atoms with Crippen LogP contribution in [-0.4, -0.2) is 26.3 Å². The zero-order valence-electron chi connectivity index (χ0n) is 14.1. The molecule has 2 N–H and O–H groups in total. The van der Waals surface area contributed by atoms with Gasteiger partial charge in [0.2, 0.25) is 6.41 Å². The number of hydrogen-bond acceptors (Lipinski definition) is 5. The summed E-state index contributed by atoms with van der Waals surface area (Å²) in [5.41, 5.74) is 5.87. The van der Waals surface area contributed by atoms with Crippen LogP contribution in [0.4, 0.5) is 5.69 Å². The van der Waals surface area contributed by atoms with Crippen LogP contribution in [0.25, 0.3) is 11.8 Å². The van der Waals surface area contributed by atoms with Crippen LogP contribution in [0.5, 0.6) is 0 Å². The second-order valence-corrected chi connectivity index (χ2v) is 6.72. The van der Waals surface area contributed by atoms with Crippen molar-refractivity contribution >= 4 is 41.5 Å². The molecule has 2 heterocycles. The number of methoxy groups -OCH3 is 1. The van der Waals surface area contributed by atoms with Gasteiger partial charge in [0.25, 0.3) is 0 Å². The van der Waals surface area contributed by atoms with Crippen molar-refractivity contribution in [3.8, 4) is 0 Å². The first-order chi connectivity index (χ1) is 12.3. The number of amides is 1. The molecule has 5 nitrogen and oxygen atoms in total. The Bertz CT molecular complexity index is 769. The number of nitrogens with one attached hydrogen (secondary N) is 2. The standard InChI is InChI=1S/C19H21N3O2S/c1-24-19(12-16-3-2-10-25-16)17-11-15(4-5-18(17)20-13-23)14-6-8-21-22-9-7-14/h2-5,8,10-14,22H,6-7,9H2,1H3,(H,20,23)/b19-12-. The summed E-state index contributed by atoms with van der Waals surface area (Å²) in [4.78, 5) is 12.1. The lowest BCUT2D eigenvalue weighted by atomic mass is 9.91. The van der Waals surface area contributed by atoms with E-state index in [1.54, 1.807) is 18.4 Å². The number of carbonyl (C=O) groups excluding carboxylic acids is 1. The van der Waals surface area contributed by atoms with E-state index in [4.69, 9.17) is 4.74 Å². The zero-order valence-corrected chi connectivity index (χ0v) is 14.9. The Kier molecular flexibility index (Phi) is 5.85. The Morgan fingerprint density at radius 3 is 3.12 bits per heavy atom. The molecule has 1 aromatic heterocycles. The maximum Gasteiger partial charge on any atom is 0.211 e. The highest BCUT2D eigenvalue weighted by Crippen LogP contribution is 2.32. The molecule has 0 fully saturated rings. The molecule has 0 bridgehead atoms. The number of hydrazone groups is 1. The van der Waals surface area contributed by atoms with Crippen molar-refractivity contribution in [1.29, 1.82) is 0 Å². The van der Waals surface area contributed by atoms with Crippen LogP contribution in [0.2, 0.25) is 0 Å². The minimum Gasteiger partial charge on any atom is -0.496 e. The maximum absolute atomic E-state index is 11.0. The van der Waals surface area contributed by atoms with Crippen molar-refractivity contribution in [2.75, 3.05) is 19.0 Å². The third kappa shape index (κ3) is 4.28. The molecule has 0 saturated heterocycles. The summed E-state index contributed by atoms with van der Waals surface area (Å²) < 4.78 is 5.64. The molecule has 0 aliphatic carbocycles. The maximum atomic E-state index is 11.0. The highest BCUT2D eigenvalue weighted by molar-refractivity contribution is 7.10. The minimum absolute atomic E-state index is 0.391. The Balaban J connectivity index is 2.00. The molecule has 1 aliphatic rings. The molecule has 1 aliphatic heterocycles. The van der Waals surface area contributed by atoms with Crippen molar-refractivity contribution in [3.05, 3.63) is 51.7 Å². The summed E-state index contributed by atoms with van der Waals surface area (Å²) in [7, 11) is 1.65. The first-order valence-electron chi connectivity index (χ1n) is 8.20. The fourth-order valence-electron chi connectivity index (χ4n) is 2.93. The van der Waals surface area contributed by atoms with E-state index >= 15 is 0 Å². The zero-order chi connectivity index (χ0) is 17.5. The van der Waals surface area contributed by atoms with Gasteiger partial charge in [0.1, 0.15) is 5.76 Å². The number of anilines is 1. The van der Waals surface area contributed by atoms with Crippen LogP contribution in [-0.2, 0) is 9.53 Å². The average Bonchev–Trinajstić information content (AvgIpc) is 3.00. The molecule has 130 valence electrons. The molecular formula is C19H21N3O2S. The van der Waals surface area contributed by atoms with Crippen LogP contribution in [0.1, 0.15) is 34.8 Å². The lowest BCUT2D eigenvalue weighted by Gasteiger charge is -2.18. The van der Waals surface area contributed by atoms with Crippen molar-refractivity contribution < 1.29 is 9.53 Å². The molecule has 0 radical (unpaired) electrons. The van der Waals surface area contributed by atoms with Crippen LogP contribution in [0, 0.1) is 0 Å². The molecule has 0 saturated carbocycles. The smallest absolute Gasteiger partial charge is 0.211 e. The van der Waals surface area contributed by atoms with E-state index in [0.717, 1.165) is 41.3 Å². The monoisotopic (exact) mass is 355 g/mol. The van der Waals surface area contributed by atoms with Crippen LogP contribution < -0.4 is 10.7 Å². The minimum atomic E-state index is 0.391. The molecule has 6 heteroatoms. The lowest BCUT2D eigenvalue weighted by Crippen LogP contribution is -2.08. The number of ether oxygens (including phenoxy) is 1. The number of carbonyl (C=O) groups is 1. The fraction of sp³-hybridized carbons (Fsp3) is 0.263. The molecule has 0 spiro atoms. The van der Waals surface area contributed by atoms with E-state index in [1.165, 1.54) is 5.56 Å². The molecule has 2 aromatic rings. The van der Waals surface area contributed by atoms with Gasteiger partial charge < -0.3 is 15.5 Å². The van der Waals surface area contributed by atoms with Crippen molar-refractivity contribution in [2.45, 2.75) is 18.8 Å². The quantitative estimate of drug-likeness (QED) is 0.610. The highest BCUT2D eigenvalue weighted by Gasteiger charge is 2.16. The van der Waals surface area contributed by atoms with Gasteiger partial charge in [-0.1, -0.05) is 12.1 Å². The van der Waals surface area contributed by atoms with Gasteiger partial charge in [-0.25, -0.2) is 0 Å². The van der Waals surface area contributed by atoms with Crippen LogP contribution in [0.3, 0.4) is 0 Å². The highest BCUT2D eigenvalue weighted by atomic mass is 32.1. The van der Waals surface area contributed by atoms with Gasteiger partial charge in [-0.15, -0.1) is 11.3 Å². The number of rotatable bonds is 6. The van der Waals surface area contributed by atoms with Crippen LogP contribution in [0.15, 0.2) is 40.8 Å². The summed E-state index contributed by atoms with van der Waals surface area (Å²) in [5.74, 6) is 1.12. The molecule has 1 unspecified atom stereocenters. The van der Waals surface area contributed by atoms with Gasteiger partial charge in [-0.3, -0.25) is 4.79 Å². The summed E-state index contributed by atoms with van der Waals surface area (Å²) in [6.45, 7) is 0.854. The third-order valence-electron chi connectivity index (χ3n) is 4.21. The second kappa shape index (κ2) is 8.48. The van der Waals surface area contributed by atoms with Gasteiger partial charge in [-0.2, -0.15) is 5.10 Å². The second-order valence-electron chi connectivity index (χ2n) is 5.74. The van der Waals surface area contributed by atoms with Gasteiger partial charge in [-0.05, 0) is 54.0 Å². The predicted octanol–water partition coefficient (Wildman–Crippen LogP) is 3.91. The molecule has 3 rings (SSSR count). The van der Waals surface area contributed by atoms with Gasteiger partial charge in [0, 0.05) is 23.2 Å². The summed E-state index contributed by atoms with van der Waals surface area (Å²) in [6, 6.07) is 10.2.